The molecular weight excluding hydrogens is 461 g/mol. The number of ether oxygens (including phenoxy) is 1. The topological polar surface area (TPSA) is 84.7 Å². The average molecular weight is 488 g/mol. The molecule has 184 valence electrons. The molecule has 36 heavy (non-hydrogen) atoms. The quantitative estimate of drug-likeness (QED) is 0.402. The Balaban J connectivity index is 1.57. The Morgan fingerprint density at radius 1 is 1.19 bits per heavy atom. The van der Waals surface area contributed by atoms with E-state index in [1.807, 2.05) is 54.3 Å². The highest BCUT2D eigenvalue weighted by Crippen LogP contribution is 2.32. The van der Waals surface area contributed by atoms with Crippen molar-refractivity contribution in [1.82, 2.24) is 9.55 Å². The molecule has 8 heteroatoms. The summed E-state index contributed by atoms with van der Waals surface area (Å²) in [5.41, 5.74) is 1.37. The second kappa shape index (κ2) is 9.81. The first-order valence-electron chi connectivity index (χ1n) is 12.0. The number of halogens is 1. The third kappa shape index (κ3) is 4.30. The molecule has 1 saturated heterocycles. The normalized spacial score (nSPS) is 15.4. The van der Waals surface area contributed by atoms with Crippen LogP contribution in [0.5, 0.6) is 5.88 Å². The second-order valence-electron chi connectivity index (χ2n) is 8.83. The van der Waals surface area contributed by atoms with Crippen LogP contribution in [0.4, 0.5) is 10.1 Å². The number of para-hydroxylation sites is 1. The van der Waals surface area contributed by atoms with Gasteiger partial charge in [-0.3, -0.25) is 4.79 Å². The van der Waals surface area contributed by atoms with Gasteiger partial charge in [0.05, 0.1) is 17.2 Å². The third-order valence-electron chi connectivity index (χ3n) is 6.67. The minimum atomic E-state index is -1.35. The molecule has 1 aliphatic heterocycles. The number of carboxylic acid groups (broad SMARTS) is 1. The SMILES string of the molecule is CCc1cccnc1OC[C@H]1CCCN1c1cc2c(cc1F)c(=O)c(C(=O)O)cn2-c1ccccc1. The maximum absolute atomic E-state index is 15.5. The molecule has 0 amide bonds. The van der Waals surface area contributed by atoms with E-state index in [1.54, 1.807) is 16.8 Å². The van der Waals surface area contributed by atoms with Crippen molar-refractivity contribution in [3.05, 3.63) is 94.2 Å². The zero-order valence-electron chi connectivity index (χ0n) is 19.9. The first-order chi connectivity index (χ1) is 17.5. The van der Waals surface area contributed by atoms with E-state index in [9.17, 15) is 14.7 Å². The molecule has 5 rings (SSSR count). The van der Waals surface area contributed by atoms with Crippen molar-refractivity contribution >= 4 is 22.6 Å². The molecule has 0 unspecified atom stereocenters. The molecule has 3 heterocycles. The number of aryl methyl sites for hydroxylation is 1. The number of hydrogen-bond donors (Lipinski definition) is 1. The van der Waals surface area contributed by atoms with E-state index in [0.717, 1.165) is 30.9 Å². The molecule has 0 bridgehead atoms. The van der Waals surface area contributed by atoms with Crippen molar-refractivity contribution < 1.29 is 19.0 Å². The maximum atomic E-state index is 15.5. The van der Waals surface area contributed by atoms with Crippen LogP contribution >= 0.6 is 0 Å². The lowest BCUT2D eigenvalue weighted by atomic mass is 10.1. The van der Waals surface area contributed by atoms with Crippen LogP contribution in [0.15, 0.2) is 71.8 Å². The Morgan fingerprint density at radius 2 is 2.00 bits per heavy atom. The molecule has 1 fully saturated rings. The number of pyridine rings is 2. The summed E-state index contributed by atoms with van der Waals surface area (Å²) in [7, 11) is 0. The van der Waals surface area contributed by atoms with Gasteiger partial charge in [-0.05, 0) is 49.6 Å². The number of fused-ring (bicyclic) bond motifs is 1. The van der Waals surface area contributed by atoms with Gasteiger partial charge in [-0.25, -0.2) is 14.2 Å². The summed E-state index contributed by atoms with van der Waals surface area (Å²) in [4.78, 5) is 31.0. The van der Waals surface area contributed by atoms with Gasteiger partial charge in [-0.15, -0.1) is 0 Å². The Hall–Kier alpha value is -4.20. The van der Waals surface area contributed by atoms with Crippen molar-refractivity contribution in [3.63, 3.8) is 0 Å². The van der Waals surface area contributed by atoms with Gasteiger partial charge >= 0.3 is 5.97 Å². The summed E-state index contributed by atoms with van der Waals surface area (Å²) in [6.07, 6.45) is 5.50. The molecule has 0 aliphatic carbocycles. The van der Waals surface area contributed by atoms with Gasteiger partial charge in [0, 0.05) is 35.6 Å². The van der Waals surface area contributed by atoms with Crippen LogP contribution in [0.25, 0.3) is 16.6 Å². The predicted octanol–water partition coefficient (Wildman–Crippen LogP) is 4.83. The maximum Gasteiger partial charge on any atom is 0.341 e. The van der Waals surface area contributed by atoms with Crippen LogP contribution < -0.4 is 15.1 Å². The van der Waals surface area contributed by atoms with Crippen LogP contribution in [0.1, 0.15) is 35.7 Å². The fourth-order valence-corrected chi connectivity index (χ4v) is 4.83. The second-order valence-corrected chi connectivity index (χ2v) is 8.83. The highest BCUT2D eigenvalue weighted by atomic mass is 19.1. The van der Waals surface area contributed by atoms with Crippen LogP contribution in [-0.4, -0.2) is 39.8 Å². The number of nitrogens with zero attached hydrogens (tertiary/aromatic N) is 3. The number of carboxylic acids is 1. The van der Waals surface area contributed by atoms with Gasteiger partial charge in [0.25, 0.3) is 0 Å². The summed E-state index contributed by atoms with van der Waals surface area (Å²) in [6, 6.07) is 15.7. The molecule has 2 aromatic carbocycles. The first kappa shape index (κ1) is 23.5. The highest BCUT2D eigenvalue weighted by molar-refractivity contribution is 5.94. The van der Waals surface area contributed by atoms with E-state index < -0.39 is 22.8 Å². The van der Waals surface area contributed by atoms with Gasteiger partial charge in [0.1, 0.15) is 18.0 Å². The number of benzene rings is 2. The largest absolute Gasteiger partial charge is 0.477 e. The molecule has 1 aliphatic rings. The van der Waals surface area contributed by atoms with Gasteiger partial charge in [-0.1, -0.05) is 31.2 Å². The summed E-state index contributed by atoms with van der Waals surface area (Å²) >= 11 is 0. The van der Waals surface area contributed by atoms with E-state index in [4.69, 9.17) is 4.74 Å². The van der Waals surface area contributed by atoms with E-state index in [2.05, 4.69) is 4.98 Å². The third-order valence-corrected chi connectivity index (χ3v) is 6.67. The predicted molar refractivity (Wildman–Crippen MR) is 136 cm³/mol. The number of carbonyl (C=O) groups is 1. The van der Waals surface area contributed by atoms with Crippen molar-refractivity contribution in [3.8, 4) is 11.6 Å². The molecule has 7 nitrogen and oxygen atoms in total. The van der Waals surface area contributed by atoms with Crippen molar-refractivity contribution in [1.29, 1.82) is 0 Å². The number of rotatable bonds is 7. The highest BCUT2D eigenvalue weighted by Gasteiger charge is 2.29. The Morgan fingerprint density at radius 3 is 2.75 bits per heavy atom. The zero-order chi connectivity index (χ0) is 25.2. The molecular formula is C28H26FN3O4. The minimum absolute atomic E-state index is 0.0214. The summed E-state index contributed by atoms with van der Waals surface area (Å²) in [5.74, 6) is -1.33. The van der Waals surface area contributed by atoms with Gasteiger partial charge < -0.3 is 19.3 Å². The lowest BCUT2D eigenvalue weighted by Gasteiger charge is -2.28. The lowest BCUT2D eigenvalue weighted by Crippen LogP contribution is -2.35. The fourth-order valence-electron chi connectivity index (χ4n) is 4.83. The molecule has 0 spiro atoms. The van der Waals surface area contributed by atoms with Crippen molar-refractivity contribution in [2.75, 3.05) is 18.1 Å². The van der Waals surface area contributed by atoms with E-state index >= 15 is 4.39 Å². The number of aromatic carboxylic acids is 1. The van der Waals surface area contributed by atoms with Gasteiger partial charge in [-0.2, -0.15) is 0 Å². The van der Waals surface area contributed by atoms with Crippen LogP contribution in [0.3, 0.4) is 0 Å². The van der Waals surface area contributed by atoms with E-state index in [-0.39, 0.29) is 11.4 Å². The van der Waals surface area contributed by atoms with Crippen molar-refractivity contribution in [2.45, 2.75) is 32.2 Å². The monoisotopic (exact) mass is 487 g/mol. The first-order valence-corrected chi connectivity index (χ1v) is 12.0. The Labute approximate surface area is 207 Å². The summed E-state index contributed by atoms with van der Waals surface area (Å²) in [6.45, 7) is 3.03. The lowest BCUT2D eigenvalue weighted by molar-refractivity contribution is 0.0695. The fraction of sp³-hybridized carbons (Fsp3) is 0.250. The van der Waals surface area contributed by atoms with Crippen LogP contribution in [0.2, 0.25) is 0 Å². The van der Waals surface area contributed by atoms with Crippen LogP contribution in [0, 0.1) is 5.82 Å². The smallest absolute Gasteiger partial charge is 0.341 e. The minimum Gasteiger partial charge on any atom is -0.477 e. The Bertz CT molecular complexity index is 1490. The number of anilines is 1. The zero-order valence-corrected chi connectivity index (χ0v) is 19.9. The molecule has 0 radical (unpaired) electrons. The van der Waals surface area contributed by atoms with Crippen molar-refractivity contribution in [2.24, 2.45) is 0 Å². The van der Waals surface area contributed by atoms with E-state index in [1.165, 1.54) is 6.20 Å². The molecule has 2 aromatic heterocycles. The Kier molecular flexibility index (Phi) is 6.41. The standard InChI is InChI=1S/C28H26FN3O4/c1-2-18-8-6-12-30-27(18)36-17-20-11-7-13-31(20)25-15-24-21(14-23(25)29)26(33)22(28(34)35)16-32(24)19-9-4-3-5-10-19/h3-6,8-10,12,14-16,20H,2,7,11,13,17H2,1H3,(H,34,35)/t20-/m1/s1. The number of hydrogen-bond acceptors (Lipinski definition) is 5. The van der Waals surface area contributed by atoms with E-state index in [0.29, 0.717) is 35.9 Å². The van der Waals surface area contributed by atoms with Gasteiger partial charge in [0.2, 0.25) is 11.3 Å². The molecule has 1 N–H and O–H groups in total. The molecule has 4 aromatic rings. The molecule has 0 saturated carbocycles. The molecule has 1 atom stereocenters. The van der Waals surface area contributed by atoms with Gasteiger partial charge in [0.15, 0.2) is 0 Å². The summed E-state index contributed by atoms with van der Waals surface area (Å²) in [5, 5.41) is 9.61. The summed E-state index contributed by atoms with van der Waals surface area (Å²) < 4.78 is 23.2. The van der Waals surface area contributed by atoms with Crippen LogP contribution in [-0.2, 0) is 6.42 Å². The average Bonchev–Trinajstić information content (AvgIpc) is 3.36. The number of aromatic nitrogens is 2.